The fourth-order valence-corrected chi connectivity index (χ4v) is 1.72. The summed E-state index contributed by atoms with van der Waals surface area (Å²) in [6.45, 7) is 1.53. The molecule has 0 bridgehead atoms. The molecule has 0 saturated carbocycles. The van der Waals surface area contributed by atoms with E-state index in [4.69, 9.17) is 5.11 Å². The molecular weight excluding hydrogens is 282 g/mol. The first-order chi connectivity index (χ1) is 9.88. The first kappa shape index (κ1) is 14.6. The normalized spacial score (nSPS) is 11.0. The third kappa shape index (κ3) is 3.19. The number of hydrogen-bond donors (Lipinski definition) is 1. The molecule has 1 N–H and O–H groups in total. The van der Waals surface area contributed by atoms with E-state index >= 15 is 0 Å². The predicted molar refractivity (Wildman–Crippen MR) is 71.2 cm³/mol. The second kappa shape index (κ2) is 5.66. The summed E-state index contributed by atoms with van der Waals surface area (Å²) in [5.41, 5.74) is -0.368. The highest BCUT2D eigenvalue weighted by atomic mass is 19.1. The summed E-state index contributed by atoms with van der Waals surface area (Å²) in [7, 11) is 0. The average molecular weight is 292 g/mol. The first-order valence-corrected chi connectivity index (χ1v) is 5.86. The minimum atomic E-state index is -1.24. The van der Waals surface area contributed by atoms with E-state index in [1.54, 1.807) is 0 Å². The highest BCUT2D eigenvalue weighted by Gasteiger charge is 2.10. The molecule has 0 spiro atoms. The second-order valence-electron chi connectivity index (χ2n) is 4.21. The summed E-state index contributed by atoms with van der Waals surface area (Å²) >= 11 is 0. The molecule has 0 fully saturated rings. The molecule has 0 atom stereocenters. The SMILES string of the molecule is Cc1cc(=O)c(/C=C/C(=O)O)nn1-c1ccc(F)cc1F. The van der Waals surface area contributed by atoms with Crippen molar-refractivity contribution in [3.63, 3.8) is 0 Å². The summed E-state index contributed by atoms with van der Waals surface area (Å²) in [5.74, 6) is -2.82. The van der Waals surface area contributed by atoms with Crippen LogP contribution in [0.4, 0.5) is 8.78 Å². The summed E-state index contributed by atoms with van der Waals surface area (Å²) in [6, 6.07) is 4.13. The Balaban J connectivity index is 2.61. The maximum atomic E-state index is 13.8. The van der Waals surface area contributed by atoms with Crippen LogP contribution in [0, 0.1) is 18.6 Å². The number of aryl methyl sites for hydroxylation is 1. The Bertz CT molecular complexity index is 797. The van der Waals surface area contributed by atoms with Crippen molar-refractivity contribution >= 4 is 12.0 Å². The second-order valence-corrected chi connectivity index (χ2v) is 4.21. The molecular formula is C14H10F2N2O3. The molecule has 7 heteroatoms. The number of hydrogen-bond acceptors (Lipinski definition) is 3. The molecule has 108 valence electrons. The van der Waals surface area contributed by atoms with E-state index in [0.29, 0.717) is 11.8 Å². The lowest BCUT2D eigenvalue weighted by molar-refractivity contribution is -0.131. The average Bonchev–Trinajstić information content (AvgIpc) is 2.38. The lowest BCUT2D eigenvalue weighted by atomic mass is 10.2. The molecule has 21 heavy (non-hydrogen) atoms. The Hall–Kier alpha value is -2.83. The van der Waals surface area contributed by atoms with Gasteiger partial charge in [-0.05, 0) is 25.1 Å². The van der Waals surface area contributed by atoms with Crippen LogP contribution in [-0.4, -0.2) is 20.9 Å². The minimum absolute atomic E-state index is 0.0427. The van der Waals surface area contributed by atoms with Crippen molar-refractivity contribution in [3.05, 3.63) is 63.6 Å². The van der Waals surface area contributed by atoms with E-state index in [1.807, 2.05) is 0 Å². The standard InChI is InChI=1S/C14H10F2N2O3/c1-8-6-13(19)11(3-5-14(20)21)17-18(8)12-4-2-9(15)7-10(12)16/h2-7H,1H3,(H,20,21)/b5-3+. The van der Waals surface area contributed by atoms with Gasteiger partial charge in [0.2, 0.25) is 5.43 Å². The molecule has 0 aliphatic rings. The highest BCUT2D eigenvalue weighted by Crippen LogP contribution is 2.15. The van der Waals surface area contributed by atoms with Gasteiger partial charge in [-0.2, -0.15) is 5.10 Å². The van der Waals surface area contributed by atoms with Crippen LogP contribution < -0.4 is 5.43 Å². The fraction of sp³-hybridized carbons (Fsp3) is 0.0714. The quantitative estimate of drug-likeness (QED) is 0.877. The van der Waals surface area contributed by atoms with Crippen LogP contribution in [0.25, 0.3) is 11.8 Å². The number of carboxylic acids is 1. The maximum absolute atomic E-state index is 13.8. The number of benzene rings is 1. The molecule has 2 rings (SSSR count). The summed E-state index contributed by atoms with van der Waals surface area (Å²) in [6.07, 6.45) is 1.77. The van der Waals surface area contributed by atoms with E-state index in [9.17, 15) is 18.4 Å². The third-order valence-corrected chi connectivity index (χ3v) is 2.66. The highest BCUT2D eigenvalue weighted by molar-refractivity contribution is 5.84. The van der Waals surface area contributed by atoms with Crippen LogP contribution in [0.3, 0.4) is 0 Å². The number of nitrogens with zero attached hydrogens (tertiary/aromatic N) is 2. The van der Waals surface area contributed by atoms with Gasteiger partial charge >= 0.3 is 5.97 Å². The first-order valence-electron chi connectivity index (χ1n) is 5.86. The molecule has 1 aromatic heterocycles. The van der Waals surface area contributed by atoms with Gasteiger partial charge in [0.25, 0.3) is 0 Å². The van der Waals surface area contributed by atoms with Crippen molar-refractivity contribution in [3.8, 4) is 5.69 Å². The van der Waals surface area contributed by atoms with Gasteiger partial charge in [-0.1, -0.05) is 0 Å². The van der Waals surface area contributed by atoms with Crippen molar-refractivity contribution in [2.24, 2.45) is 0 Å². The Morgan fingerprint density at radius 1 is 1.33 bits per heavy atom. The zero-order chi connectivity index (χ0) is 15.6. The van der Waals surface area contributed by atoms with Crippen LogP contribution in [0.15, 0.2) is 35.1 Å². The van der Waals surface area contributed by atoms with E-state index < -0.39 is 23.0 Å². The molecule has 0 saturated heterocycles. The van der Waals surface area contributed by atoms with E-state index in [-0.39, 0.29) is 11.4 Å². The number of halogens is 2. The topological polar surface area (TPSA) is 72.2 Å². The molecule has 2 aromatic rings. The number of aliphatic carboxylic acids is 1. The molecule has 5 nitrogen and oxygen atoms in total. The zero-order valence-electron chi connectivity index (χ0n) is 10.9. The number of rotatable bonds is 3. The maximum Gasteiger partial charge on any atom is 0.328 e. The van der Waals surface area contributed by atoms with Crippen molar-refractivity contribution in [2.45, 2.75) is 6.92 Å². The van der Waals surface area contributed by atoms with Crippen molar-refractivity contribution in [2.75, 3.05) is 0 Å². The summed E-state index contributed by atoms with van der Waals surface area (Å²) in [4.78, 5) is 22.2. The van der Waals surface area contributed by atoms with E-state index in [1.165, 1.54) is 19.1 Å². The molecule has 0 radical (unpaired) electrons. The van der Waals surface area contributed by atoms with Crippen LogP contribution >= 0.6 is 0 Å². The fourth-order valence-electron chi connectivity index (χ4n) is 1.72. The summed E-state index contributed by atoms with van der Waals surface area (Å²) in [5, 5.41) is 12.5. The van der Waals surface area contributed by atoms with Crippen LogP contribution in [0.1, 0.15) is 11.4 Å². The Labute approximate surface area is 117 Å². The third-order valence-electron chi connectivity index (χ3n) is 2.66. The summed E-state index contributed by atoms with van der Waals surface area (Å²) < 4.78 is 27.8. The van der Waals surface area contributed by atoms with Gasteiger partial charge in [-0.15, -0.1) is 0 Å². The van der Waals surface area contributed by atoms with Crippen molar-refractivity contribution in [1.82, 2.24) is 9.78 Å². The minimum Gasteiger partial charge on any atom is -0.478 e. The Morgan fingerprint density at radius 2 is 2.05 bits per heavy atom. The lowest BCUT2D eigenvalue weighted by Crippen LogP contribution is -2.17. The van der Waals surface area contributed by atoms with E-state index in [2.05, 4.69) is 5.10 Å². The molecule has 0 aliphatic carbocycles. The Morgan fingerprint density at radius 3 is 2.67 bits per heavy atom. The monoisotopic (exact) mass is 292 g/mol. The van der Waals surface area contributed by atoms with Gasteiger partial charge < -0.3 is 5.11 Å². The zero-order valence-corrected chi connectivity index (χ0v) is 10.9. The van der Waals surface area contributed by atoms with Crippen molar-refractivity contribution < 1.29 is 18.7 Å². The molecule has 1 aromatic carbocycles. The molecule has 0 unspecified atom stereocenters. The largest absolute Gasteiger partial charge is 0.478 e. The predicted octanol–water partition coefficient (Wildman–Crippen LogP) is 1.92. The molecule has 1 heterocycles. The number of aromatic nitrogens is 2. The van der Waals surface area contributed by atoms with Crippen LogP contribution in [-0.2, 0) is 4.79 Å². The van der Waals surface area contributed by atoms with E-state index in [0.717, 1.165) is 22.9 Å². The van der Waals surface area contributed by atoms with Gasteiger partial charge in [-0.3, -0.25) is 4.79 Å². The van der Waals surface area contributed by atoms with Gasteiger partial charge in [0.05, 0.1) is 0 Å². The van der Waals surface area contributed by atoms with Gasteiger partial charge in [0.1, 0.15) is 17.2 Å². The van der Waals surface area contributed by atoms with Crippen LogP contribution in [0.5, 0.6) is 0 Å². The smallest absolute Gasteiger partial charge is 0.328 e. The van der Waals surface area contributed by atoms with Gasteiger partial charge in [0, 0.05) is 23.9 Å². The van der Waals surface area contributed by atoms with Gasteiger partial charge in [0.15, 0.2) is 5.82 Å². The molecule has 0 amide bonds. The number of carbonyl (C=O) groups is 1. The van der Waals surface area contributed by atoms with Crippen LogP contribution in [0.2, 0.25) is 0 Å². The van der Waals surface area contributed by atoms with Gasteiger partial charge in [-0.25, -0.2) is 18.3 Å². The van der Waals surface area contributed by atoms with Crippen molar-refractivity contribution in [1.29, 1.82) is 0 Å². The number of carboxylic acid groups (broad SMARTS) is 1. The Kier molecular flexibility index (Phi) is 3.93. The lowest BCUT2D eigenvalue weighted by Gasteiger charge is -2.10. The molecule has 0 aliphatic heterocycles.